The summed E-state index contributed by atoms with van der Waals surface area (Å²) in [4.78, 5) is 16.1. The highest BCUT2D eigenvalue weighted by Crippen LogP contribution is 2.42. The van der Waals surface area contributed by atoms with Crippen molar-refractivity contribution in [1.82, 2.24) is 9.71 Å². The minimum atomic E-state index is -3.38. The van der Waals surface area contributed by atoms with Crippen LogP contribution in [-0.2, 0) is 34.2 Å². The molecule has 1 aliphatic carbocycles. The third kappa shape index (κ3) is 7.89. The molecule has 1 aromatic heterocycles. The molecule has 42 heavy (non-hydrogen) atoms. The van der Waals surface area contributed by atoms with E-state index < -0.39 is 34.6 Å². The van der Waals surface area contributed by atoms with Gasteiger partial charge in [-0.1, -0.05) is 50.3 Å². The first-order valence-electron chi connectivity index (χ1n) is 14.0. The van der Waals surface area contributed by atoms with E-state index in [9.17, 15) is 27.8 Å². The lowest BCUT2D eigenvalue weighted by Gasteiger charge is -2.22. The van der Waals surface area contributed by atoms with Crippen LogP contribution in [0.3, 0.4) is 0 Å². The maximum absolute atomic E-state index is 14.0. The number of aromatic nitrogens is 1. The Labute approximate surface area is 246 Å². The van der Waals surface area contributed by atoms with Crippen LogP contribution in [0.4, 0.5) is 4.39 Å². The number of nitrogens with zero attached hydrogens (tertiary/aromatic N) is 1. The van der Waals surface area contributed by atoms with E-state index in [4.69, 9.17) is 10.1 Å². The molecule has 1 aliphatic rings. The molecular formula is C32H37FN2O6S. The van der Waals surface area contributed by atoms with Crippen LogP contribution in [0, 0.1) is 5.82 Å². The van der Waals surface area contributed by atoms with Gasteiger partial charge in [0.05, 0.1) is 36.3 Å². The Kier molecular flexibility index (Phi) is 9.93. The fourth-order valence-corrected chi connectivity index (χ4v) is 5.80. The van der Waals surface area contributed by atoms with Crippen LogP contribution in [-0.4, -0.2) is 53.2 Å². The second-order valence-corrected chi connectivity index (χ2v) is 13.0. The average Bonchev–Trinajstić information content (AvgIpc) is 3.08. The molecule has 0 radical (unpaired) electrons. The topological polar surface area (TPSA) is 137 Å². The average molecular weight is 597 g/mol. The van der Waals surface area contributed by atoms with Gasteiger partial charge in [-0.15, -0.1) is 0 Å². The number of halogens is 1. The summed E-state index contributed by atoms with van der Waals surface area (Å²) in [5.41, 5.74) is 7.77. The van der Waals surface area contributed by atoms with E-state index in [2.05, 4.69) is 4.72 Å². The van der Waals surface area contributed by atoms with Crippen molar-refractivity contribution in [3.05, 3.63) is 82.3 Å². The zero-order chi connectivity index (χ0) is 30.6. The summed E-state index contributed by atoms with van der Waals surface area (Å²) in [6.45, 7) is 4.17. The Morgan fingerprint density at radius 3 is 2.48 bits per heavy atom. The van der Waals surface area contributed by atoms with Crippen molar-refractivity contribution < 1.29 is 32.9 Å². The van der Waals surface area contributed by atoms with E-state index >= 15 is 0 Å². The highest BCUT2D eigenvalue weighted by atomic mass is 32.2. The van der Waals surface area contributed by atoms with Gasteiger partial charge in [-0.2, -0.15) is 0 Å². The quantitative estimate of drug-likeness (QED) is 0.249. The van der Waals surface area contributed by atoms with Crippen molar-refractivity contribution in [3.63, 3.8) is 0 Å². The van der Waals surface area contributed by atoms with Crippen molar-refractivity contribution in [2.24, 2.45) is 0 Å². The summed E-state index contributed by atoms with van der Waals surface area (Å²) < 4.78 is 40.0. The molecule has 0 unspecified atom stereocenters. The Bertz CT molecular complexity index is 1590. The van der Waals surface area contributed by atoms with E-state index in [1.54, 1.807) is 18.2 Å². The summed E-state index contributed by atoms with van der Waals surface area (Å²) in [7, 11) is -3.38. The summed E-state index contributed by atoms with van der Waals surface area (Å²) >= 11 is 0. The largest absolute Gasteiger partial charge is 0.481 e. The van der Waals surface area contributed by atoms with E-state index in [-0.39, 0.29) is 24.7 Å². The van der Waals surface area contributed by atoms with Gasteiger partial charge in [-0.05, 0) is 71.2 Å². The number of hydrogen-bond donors (Lipinski definition) is 4. The molecule has 4 N–H and O–H groups in total. The molecule has 0 saturated heterocycles. The van der Waals surface area contributed by atoms with Crippen LogP contribution >= 0.6 is 0 Å². The molecule has 4 rings (SSSR count). The van der Waals surface area contributed by atoms with Gasteiger partial charge in [0.2, 0.25) is 10.0 Å². The van der Waals surface area contributed by atoms with Crippen LogP contribution in [0.15, 0.2) is 48.5 Å². The Balaban J connectivity index is 1.90. The summed E-state index contributed by atoms with van der Waals surface area (Å²) in [6.07, 6.45) is 3.86. The maximum atomic E-state index is 14.0. The number of carboxylic acid groups (broad SMARTS) is 1. The van der Waals surface area contributed by atoms with Crippen molar-refractivity contribution in [2.45, 2.75) is 70.6 Å². The molecule has 0 spiro atoms. The second kappa shape index (κ2) is 13.2. The number of rotatable bonds is 11. The second-order valence-electron chi connectivity index (χ2n) is 11.1. The highest BCUT2D eigenvalue weighted by Gasteiger charge is 2.26. The number of hydrogen-bond acceptors (Lipinski definition) is 6. The number of fused-ring (bicyclic) bond motifs is 3. The van der Waals surface area contributed by atoms with Gasteiger partial charge in [0.15, 0.2) is 0 Å². The van der Waals surface area contributed by atoms with Crippen LogP contribution in [0.2, 0.25) is 0 Å². The summed E-state index contributed by atoms with van der Waals surface area (Å²) in [6, 6.07) is 12.2. The van der Waals surface area contributed by atoms with Crippen LogP contribution in [0.1, 0.15) is 67.0 Å². The molecule has 0 amide bonds. The minimum absolute atomic E-state index is 0.0364. The van der Waals surface area contributed by atoms with Crippen LogP contribution in [0.5, 0.6) is 0 Å². The maximum Gasteiger partial charge on any atom is 0.305 e. The number of nitrogens with one attached hydrogen (secondary N) is 1. The van der Waals surface area contributed by atoms with E-state index in [0.717, 1.165) is 69.4 Å². The van der Waals surface area contributed by atoms with E-state index in [1.165, 1.54) is 18.2 Å². The first kappa shape index (κ1) is 31.5. The lowest BCUT2D eigenvalue weighted by molar-refractivity contribution is -0.139. The molecule has 224 valence electrons. The summed E-state index contributed by atoms with van der Waals surface area (Å²) in [5, 5.41) is 29.6. The predicted molar refractivity (Wildman–Crippen MR) is 161 cm³/mol. The monoisotopic (exact) mass is 596 g/mol. The molecule has 10 heteroatoms. The van der Waals surface area contributed by atoms with Gasteiger partial charge < -0.3 is 15.3 Å². The standard InChI is InChI=1S/C32H37FN2O6S/c1-19(2)31-27(14-13-24(36)16-25(37)17-29(38)39)30(22-9-11-23(33)12-10-22)26-6-4-5-21-8-7-20(18-34-42(3,40)41)15-28(21)32(26)35-31/h7-15,19,24-25,34,36-37H,4-6,16-18H2,1-3H3,(H,38,39)/b14-13+/t24-,25-/m1/s1. The molecule has 2 aromatic carbocycles. The molecule has 0 fully saturated rings. The highest BCUT2D eigenvalue weighted by molar-refractivity contribution is 7.88. The number of carboxylic acids is 1. The zero-order valence-corrected chi connectivity index (χ0v) is 24.8. The van der Waals surface area contributed by atoms with Gasteiger partial charge >= 0.3 is 5.97 Å². The minimum Gasteiger partial charge on any atom is -0.481 e. The Morgan fingerprint density at radius 1 is 1.12 bits per heavy atom. The van der Waals surface area contributed by atoms with E-state index in [1.807, 2.05) is 32.0 Å². The molecule has 0 aliphatic heterocycles. The number of aliphatic hydroxyl groups is 2. The third-order valence-corrected chi connectivity index (χ3v) is 7.96. The number of aliphatic carboxylic acids is 1. The van der Waals surface area contributed by atoms with Crippen molar-refractivity contribution in [2.75, 3.05) is 6.26 Å². The summed E-state index contributed by atoms with van der Waals surface area (Å²) in [5.74, 6) is -1.55. The Hall–Kier alpha value is -3.44. The van der Waals surface area contributed by atoms with Crippen molar-refractivity contribution >= 4 is 22.1 Å². The number of aliphatic hydroxyl groups excluding tert-OH is 2. The third-order valence-electron chi connectivity index (χ3n) is 7.29. The fraction of sp³-hybridized carbons (Fsp3) is 0.375. The lowest BCUT2D eigenvalue weighted by Crippen LogP contribution is -2.21. The van der Waals surface area contributed by atoms with E-state index in [0.29, 0.717) is 6.42 Å². The lowest BCUT2D eigenvalue weighted by atomic mass is 9.86. The molecule has 8 nitrogen and oxygen atoms in total. The smallest absolute Gasteiger partial charge is 0.305 e. The van der Waals surface area contributed by atoms with Gasteiger partial charge in [0.25, 0.3) is 0 Å². The normalized spacial score (nSPS) is 14.8. The number of benzene rings is 2. The first-order chi connectivity index (χ1) is 19.8. The van der Waals surface area contributed by atoms with Crippen molar-refractivity contribution in [1.29, 1.82) is 0 Å². The van der Waals surface area contributed by atoms with Crippen molar-refractivity contribution in [3.8, 4) is 22.4 Å². The zero-order valence-electron chi connectivity index (χ0n) is 24.0. The van der Waals surface area contributed by atoms with Gasteiger partial charge in [0.1, 0.15) is 5.82 Å². The molecule has 0 bridgehead atoms. The number of pyridine rings is 1. The number of aryl methyl sites for hydroxylation is 1. The van der Waals surface area contributed by atoms with Gasteiger partial charge in [-0.25, -0.2) is 17.5 Å². The van der Waals surface area contributed by atoms with Gasteiger partial charge in [-0.3, -0.25) is 9.78 Å². The van der Waals surface area contributed by atoms with Crippen LogP contribution < -0.4 is 4.72 Å². The fourth-order valence-electron chi connectivity index (χ4n) is 5.37. The van der Waals surface area contributed by atoms with Crippen LogP contribution in [0.25, 0.3) is 28.5 Å². The molecule has 2 atom stereocenters. The molecule has 3 aromatic rings. The van der Waals surface area contributed by atoms with Gasteiger partial charge in [0, 0.05) is 24.1 Å². The molecule has 0 saturated carbocycles. The SMILES string of the molecule is CC(C)c1nc2c(c(-c3ccc(F)cc3)c1/C=C/[C@@H](O)C[C@@H](O)CC(=O)O)CCCc1ccc(CNS(C)(=O)=O)cc1-2. The first-order valence-corrected chi connectivity index (χ1v) is 15.9. The number of sulfonamides is 1. The Morgan fingerprint density at radius 2 is 1.83 bits per heavy atom. The molecular weight excluding hydrogens is 559 g/mol. The predicted octanol–water partition coefficient (Wildman–Crippen LogP) is 4.82. The number of carbonyl (C=O) groups is 1. The molecule has 1 heterocycles.